The van der Waals surface area contributed by atoms with Crippen LogP contribution < -0.4 is 10.1 Å². The summed E-state index contributed by atoms with van der Waals surface area (Å²) >= 11 is 0. The lowest BCUT2D eigenvalue weighted by atomic mass is 10.0. The maximum Gasteiger partial charge on any atom is 0.237 e. The standard InChI is InChI=1S/C14H22N2O2/c1-11(2)18-13-12(6-5-9-15-13)16-10-14(17)7-3-4-8-14/h5-6,9,11,16-17H,3-4,7-8,10H2,1-2H3. The van der Waals surface area contributed by atoms with Crippen LogP contribution in [0, 0.1) is 0 Å². The fourth-order valence-corrected chi connectivity index (χ4v) is 2.31. The third-order valence-corrected chi connectivity index (χ3v) is 3.26. The molecular formula is C14H22N2O2. The van der Waals surface area contributed by atoms with Crippen LogP contribution in [0.1, 0.15) is 39.5 Å². The molecule has 1 fully saturated rings. The highest BCUT2D eigenvalue weighted by Crippen LogP contribution is 2.30. The molecule has 0 radical (unpaired) electrons. The first-order chi connectivity index (χ1) is 8.59. The summed E-state index contributed by atoms with van der Waals surface area (Å²) in [5, 5.41) is 13.6. The van der Waals surface area contributed by atoms with Gasteiger partial charge in [0.25, 0.3) is 0 Å². The maximum atomic E-state index is 10.3. The van der Waals surface area contributed by atoms with E-state index in [1.165, 1.54) is 0 Å². The molecule has 2 N–H and O–H groups in total. The number of ether oxygens (including phenoxy) is 1. The van der Waals surface area contributed by atoms with Gasteiger partial charge in [0.05, 0.1) is 17.4 Å². The van der Waals surface area contributed by atoms with Gasteiger partial charge >= 0.3 is 0 Å². The van der Waals surface area contributed by atoms with Crippen LogP contribution in [0.2, 0.25) is 0 Å². The topological polar surface area (TPSA) is 54.4 Å². The monoisotopic (exact) mass is 250 g/mol. The van der Waals surface area contributed by atoms with Gasteiger partial charge in [0.1, 0.15) is 0 Å². The first-order valence-corrected chi connectivity index (χ1v) is 6.67. The van der Waals surface area contributed by atoms with Gasteiger partial charge in [0.15, 0.2) is 0 Å². The molecule has 0 amide bonds. The van der Waals surface area contributed by atoms with E-state index in [0.29, 0.717) is 12.4 Å². The molecule has 2 rings (SSSR count). The average molecular weight is 250 g/mol. The first-order valence-electron chi connectivity index (χ1n) is 6.67. The van der Waals surface area contributed by atoms with Crippen molar-refractivity contribution < 1.29 is 9.84 Å². The summed E-state index contributed by atoms with van der Waals surface area (Å²) < 4.78 is 5.64. The summed E-state index contributed by atoms with van der Waals surface area (Å²) in [5.41, 5.74) is 0.289. The van der Waals surface area contributed by atoms with Crippen LogP contribution in [-0.2, 0) is 0 Å². The van der Waals surface area contributed by atoms with Crippen LogP contribution in [0.25, 0.3) is 0 Å². The minimum atomic E-state index is -0.565. The zero-order chi connectivity index (χ0) is 13.0. The summed E-state index contributed by atoms with van der Waals surface area (Å²) in [7, 11) is 0. The SMILES string of the molecule is CC(C)Oc1ncccc1NCC1(O)CCCC1. The number of hydrogen-bond acceptors (Lipinski definition) is 4. The molecule has 100 valence electrons. The number of hydrogen-bond donors (Lipinski definition) is 2. The highest BCUT2D eigenvalue weighted by atomic mass is 16.5. The van der Waals surface area contributed by atoms with Crippen LogP contribution in [0.5, 0.6) is 5.88 Å². The molecular weight excluding hydrogens is 228 g/mol. The van der Waals surface area contributed by atoms with Crippen molar-refractivity contribution in [3.05, 3.63) is 18.3 Å². The van der Waals surface area contributed by atoms with Gasteiger partial charge in [-0.2, -0.15) is 0 Å². The zero-order valence-corrected chi connectivity index (χ0v) is 11.1. The molecule has 4 heteroatoms. The highest BCUT2D eigenvalue weighted by Gasteiger charge is 2.30. The van der Waals surface area contributed by atoms with Crippen molar-refractivity contribution in [2.24, 2.45) is 0 Å². The number of aromatic nitrogens is 1. The Bertz CT molecular complexity index is 387. The van der Waals surface area contributed by atoms with E-state index < -0.39 is 5.60 Å². The third kappa shape index (κ3) is 3.35. The number of nitrogens with zero attached hydrogens (tertiary/aromatic N) is 1. The number of pyridine rings is 1. The molecule has 0 saturated heterocycles. The van der Waals surface area contributed by atoms with Crippen molar-refractivity contribution in [3.8, 4) is 5.88 Å². The minimum absolute atomic E-state index is 0.0926. The smallest absolute Gasteiger partial charge is 0.237 e. The van der Waals surface area contributed by atoms with E-state index in [0.717, 1.165) is 31.4 Å². The second kappa shape index (κ2) is 5.57. The molecule has 1 saturated carbocycles. The number of nitrogens with one attached hydrogen (secondary N) is 1. The molecule has 4 nitrogen and oxygen atoms in total. The number of anilines is 1. The molecule has 1 aromatic rings. The summed E-state index contributed by atoms with van der Waals surface area (Å²) in [5.74, 6) is 0.606. The number of aliphatic hydroxyl groups is 1. The van der Waals surface area contributed by atoms with Crippen LogP contribution >= 0.6 is 0 Å². The fourth-order valence-electron chi connectivity index (χ4n) is 2.31. The van der Waals surface area contributed by atoms with Crippen LogP contribution in [0.15, 0.2) is 18.3 Å². The van der Waals surface area contributed by atoms with Crippen molar-refractivity contribution in [1.82, 2.24) is 4.98 Å². The van der Waals surface area contributed by atoms with Gasteiger partial charge in [-0.1, -0.05) is 12.8 Å². The van der Waals surface area contributed by atoms with Gasteiger partial charge < -0.3 is 15.2 Å². The molecule has 0 aliphatic heterocycles. The second-order valence-corrected chi connectivity index (χ2v) is 5.31. The fraction of sp³-hybridized carbons (Fsp3) is 0.643. The highest BCUT2D eigenvalue weighted by molar-refractivity contribution is 5.52. The normalized spacial score (nSPS) is 18.0. The molecule has 1 aromatic heterocycles. The Morgan fingerprint density at radius 2 is 2.17 bits per heavy atom. The van der Waals surface area contributed by atoms with Crippen molar-refractivity contribution in [1.29, 1.82) is 0 Å². The van der Waals surface area contributed by atoms with Crippen molar-refractivity contribution in [2.45, 2.75) is 51.2 Å². The largest absolute Gasteiger partial charge is 0.473 e. The van der Waals surface area contributed by atoms with E-state index in [4.69, 9.17) is 4.74 Å². The van der Waals surface area contributed by atoms with E-state index in [1.54, 1.807) is 6.20 Å². The number of rotatable bonds is 5. The van der Waals surface area contributed by atoms with E-state index in [1.807, 2.05) is 26.0 Å². The Morgan fingerprint density at radius 1 is 1.44 bits per heavy atom. The van der Waals surface area contributed by atoms with Gasteiger partial charge in [0.2, 0.25) is 5.88 Å². The molecule has 18 heavy (non-hydrogen) atoms. The summed E-state index contributed by atoms with van der Waals surface area (Å²) in [6.45, 7) is 4.51. The quantitative estimate of drug-likeness (QED) is 0.843. The Labute approximate surface area is 108 Å². The summed E-state index contributed by atoms with van der Waals surface area (Å²) in [6.07, 6.45) is 5.78. The van der Waals surface area contributed by atoms with Gasteiger partial charge in [-0.05, 0) is 38.8 Å². The predicted molar refractivity (Wildman–Crippen MR) is 71.9 cm³/mol. The molecule has 0 aromatic carbocycles. The van der Waals surface area contributed by atoms with Crippen molar-refractivity contribution in [3.63, 3.8) is 0 Å². The van der Waals surface area contributed by atoms with Crippen LogP contribution in [0.4, 0.5) is 5.69 Å². The lowest BCUT2D eigenvalue weighted by Crippen LogP contribution is -2.33. The van der Waals surface area contributed by atoms with E-state index >= 15 is 0 Å². The lowest BCUT2D eigenvalue weighted by Gasteiger charge is -2.23. The maximum absolute atomic E-state index is 10.3. The van der Waals surface area contributed by atoms with Gasteiger partial charge in [-0.15, -0.1) is 0 Å². The lowest BCUT2D eigenvalue weighted by molar-refractivity contribution is 0.0614. The molecule has 0 atom stereocenters. The molecule has 1 aliphatic carbocycles. The van der Waals surface area contributed by atoms with Gasteiger partial charge in [0, 0.05) is 12.7 Å². The van der Waals surface area contributed by atoms with E-state index in [2.05, 4.69) is 10.3 Å². The Hall–Kier alpha value is -1.29. The summed E-state index contributed by atoms with van der Waals surface area (Å²) in [4.78, 5) is 4.22. The molecule has 0 unspecified atom stereocenters. The third-order valence-electron chi connectivity index (χ3n) is 3.26. The average Bonchev–Trinajstić information content (AvgIpc) is 2.75. The first kappa shape index (κ1) is 13.1. The van der Waals surface area contributed by atoms with Crippen LogP contribution in [-0.4, -0.2) is 28.3 Å². The zero-order valence-electron chi connectivity index (χ0n) is 11.1. The Kier molecular flexibility index (Phi) is 4.07. The van der Waals surface area contributed by atoms with Crippen LogP contribution in [0.3, 0.4) is 0 Å². The summed E-state index contributed by atoms with van der Waals surface area (Å²) in [6, 6.07) is 3.80. The van der Waals surface area contributed by atoms with E-state index in [-0.39, 0.29) is 6.10 Å². The van der Waals surface area contributed by atoms with Gasteiger partial charge in [-0.25, -0.2) is 4.98 Å². The minimum Gasteiger partial charge on any atom is -0.473 e. The van der Waals surface area contributed by atoms with Crippen molar-refractivity contribution in [2.75, 3.05) is 11.9 Å². The molecule has 1 aliphatic rings. The predicted octanol–water partition coefficient (Wildman–Crippen LogP) is 2.59. The van der Waals surface area contributed by atoms with Gasteiger partial charge in [-0.3, -0.25) is 0 Å². The molecule has 0 bridgehead atoms. The molecule has 1 heterocycles. The molecule has 0 spiro atoms. The Balaban J connectivity index is 2.00. The Morgan fingerprint density at radius 3 is 2.83 bits per heavy atom. The van der Waals surface area contributed by atoms with E-state index in [9.17, 15) is 5.11 Å². The van der Waals surface area contributed by atoms with Crippen molar-refractivity contribution >= 4 is 5.69 Å². The second-order valence-electron chi connectivity index (χ2n) is 5.31.